The molecule has 0 saturated carbocycles. The zero-order chi connectivity index (χ0) is 10.6. The van der Waals surface area contributed by atoms with Gasteiger partial charge in [0.05, 0.1) is 24.2 Å². The number of hydrogen-bond acceptors (Lipinski definition) is 4. The quantitative estimate of drug-likeness (QED) is 0.454. The fourth-order valence-electron chi connectivity index (χ4n) is 0.979. The summed E-state index contributed by atoms with van der Waals surface area (Å²) >= 11 is 0. The van der Waals surface area contributed by atoms with Gasteiger partial charge in [-0.05, 0) is 13.3 Å². The first-order valence-corrected chi connectivity index (χ1v) is 4.26. The molecule has 0 bridgehead atoms. The molecule has 0 aromatic carbocycles. The van der Waals surface area contributed by atoms with E-state index in [0.717, 1.165) is 0 Å². The Morgan fingerprint density at radius 1 is 1.46 bits per heavy atom. The zero-order valence-electron chi connectivity index (χ0n) is 7.84. The number of aliphatic carboxylic acids is 1. The second kappa shape index (κ2) is 5.16. The second-order valence-corrected chi connectivity index (χ2v) is 3.17. The van der Waals surface area contributed by atoms with Crippen LogP contribution in [0.25, 0.3) is 0 Å². The van der Waals surface area contributed by atoms with Crippen LogP contribution >= 0.6 is 0 Å². The number of carboxylic acids is 1. The van der Waals surface area contributed by atoms with E-state index < -0.39 is 30.1 Å². The molecule has 4 unspecified atom stereocenters. The predicted molar refractivity (Wildman–Crippen MR) is 47.1 cm³/mol. The molecule has 0 aromatic rings. The molecule has 0 rings (SSSR count). The summed E-state index contributed by atoms with van der Waals surface area (Å²) in [5, 5.41) is 27.2. The number of hydrogen-bond donors (Lipinski definition) is 4. The van der Waals surface area contributed by atoms with Gasteiger partial charge in [0, 0.05) is 0 Å². The molecule has 5 nitrogen and oxygen atoms in total. The lowest BCUT2D eigenvalue weighted by molar-refractivity contribution is -0.146. The van der Waals surface area contributed by atoms with Gasteiger partial charge in [-0.1, -0.05) is 6.92 Å². The highest BCUT2D eigenvalue weighted by atomic mass is 16.4. The van der Waals surface area contributed by atoms with Crippen molar-refractivity contribution in [3.8, 4) is 0 Å². The maximum Gasteiger partial charge on any atom is 0.308 e. The third kappa shape index (κ3) is 3.30. The Morgan fingerprint density at radius 2 is 1.92 bits per heavy atom. The van der Waals surface area contributed by atoms with Crippen LogP contribution in [-0.4, -0.2) is 39.5 Å². The standard InChI is InChI=1S/C8H17NO4/c1-3-5(10)6(9)7(11)4(2)8(12)13/h4-7,10-11H,3,9H2,1-2H3,(H,12,13). The summed E-state index contributed by atoms with van der Waals surface area (Å²) in [6.45, 7) is 3.07. The third-order valence-corrected chi connectivity index (χ3v) is 2.16. The Balaban J connectivity index is 4.24. The van der Waals surface area contributed by atoms with Crippen molar-refractivity contribution in [3.63, 3.8) is 0 Å². The minimum Gasteiger partial charge on any atom is -0.481 e. The number of rotatable bonds is 5. The first-order chi connectivity index (χ1) is 5.91. The molecule has 5 N–H and O–H groups in total. The number of carbonyl (C=O) groups is 1. The van der Waals surface area contributed by atoms with E-state index in [1.165, 1.54) is 6.92 Å². The molecule has 4 atom stereocenters. The van der Waals surface area contributed by atoms with Gasteiger partial charge in [-0.25, -0.2) is 0 Å². The van der Waals surface area contributed by atoms with Crippen molar-refractivity contribution in [1.82, 2.24) is 0 Å². The van der Waals surface area contributed by atoms with Gasteiger partial charge >= 0.3 is 5.97 Å². The molecule has 0 spiro atoms. The second-order valence-electron chi connectivity index (χ2n) is 3.17. The molecule has 0 aromatic heterocycles. The topological polar surface area (TPSA) is 104 Å². The zero-order valence-corrected chi connectivity index (χ0v) is 7.84. The molecule has 0 radical (unpaired) electrons. The Hall–Kier alpha value is -0.650. The van der Waals surface area contributed by atoms with Crippen LogP contribution in [0.15, 0.2) is 0 Å². The van der Waals surface area contributed by atoms with Crippen molar-refractivity contribution < 1.29 is 20.1 Å². The lowest BCUT2D eigenvalue weighted by atomic mass is 9.94. The lowest BCUT2D eigenvalue weighted by Gasteiger charge is -2.25. The fraction of sp³-hybridized carbons (Fsp3) is 0.875. The molecule has 0 heterocycles. The van der Waals surface area contributed by atoms with Crippen LogP contribution in [-0.2, 0) is 4.79 Å². The molecule has 5 heteroatoms. The van der Waals surface area contributed by atoms with Crippen LogP contribution in [0.1, 0.15) is 20.3 Å². The van der Waals surface area contributed by atoms with E-state index >= 15 is 0 Å². The Kier molecular flexibility index (Phi) is 4.90. The molecule has 0 amide bonds. The highest BCUT2D eigenvalue weighted by molar-refractivity contribution is 5.70. The summed E-state index contributed by atoms with van der Waals surface area (Å²) < 4.78 is 0. The van der Waals surface area contributed by atoms with Crippen LogP contribution in [0.4, 0.5) is 0 Å². The van der Waals surface area contributed by atoms with Gasteiger partial charge in [-0.15, -0.1) is 0 Å². The summed E-state index contributed by atoms with van der Waals surface area (Å²) in [5.74, 6) is -2.08. The molecular formula is C8H17NO4. The molecule has 0 aliphatic heterocycles. The number of carboxylic acid groups (broad SMARTS) is 1. The Morgan fingerprint density at radius 3 is 2.23 bits per heavy atom. The van der Waals surface area contributed by atoms with Crippen LogP contribution in [0.3, 0.4) is 0 Å². The van der Waals surface area contributed by atoms with Crippen LogP contribution in [0, 0.1) is 5.92 Å². The first kappa shape index (κ1) is 12.3. The van der Waals surface area contributed by atoms with Crippen molar-refractivity contribution in [2.24, 2.45) is 11.7 Å². The molecule has 78 valence electrons. The van der Waals surface area contributed by atoms with E-state index in [1.54, 1.807) is 6.92 Å². The molecule has 0 fully saturated rings. The van der Waals surface area contributed by atoms with E-state index in [2.05, 4.69) is 0 Å². The van der Waals surface area contributed by atoms with E-state index in [4.69, 9.17) is 10.8 Å². The van der Waals surface area contributed by atoms with Crippen molar-refractivity contribution in [2.75, 3.05) is 0 Å². The normalized spacial score (nSPS) is 20.4. The predicted octanol–water partition coefficient (Wildman–Crippen LogP) is -0.834. The summed E-state index contributed by atoms with van der Waals surface area (Å²) in [6, 6.07) is -0.906. The van der Waals surface area contributed by atoms with Gasteiger partial charge in [0.1, 0.15) is 0 Å². The van der Waals surface area contributed by atoms with Gasteiger partial charge in [0.2, 0.25) is 0 Å². The third-order valence-electron chi connectivity index (χ3n) is 2.16. The SMILES string of the molecule is CCC(O)C(N)C(O)C(C)C(=O)O. The molecule has 13 heavy (non-hydrogen) atoms. The first-order valence-electron chi connectivity index (χ1n) is 4.26. The van der Waals surface area contributed by atoms with Crippen molar-refractivity contribution in [3.05, 3.63) is 0 Å². The Labute approximate surface area is 77.2 Å². The monoisotopic (exact) mass is 191 g/mol. The van der Waals surface area contributed by atoms with E-state index in [1.807, 2.05) is 0 Å². The van der Waals surface area contributed by atoms with Crippen molar-refractivity contribution in [2.45, 2.75) is 38.5 Å². The summed E-state index contributed by atoms with van der Waals surface area (Å²) in [5.41, 5.74) is 5.45. The van der Waals surface area contributed by atoms with Gasteiger partial charge in [0.15, 0.2) is 0 Å². The van der Waals surface area contributed by atoms with Crippen molar-refractivity contribution in [1.29, 1.82) is 0 Å². The van der Waals surface area contributed by atoms with E-state index in [0.29, 0.717) is 6.42 Å². The number of nitrogens with two attached hydrogens (primary N) is 1. The van der Waals surface area contributed by atoms with Gasteiger partial charge in [-0.2, -0.15) is 0 Å². The minimum atomic E-state index is -1.22. The average molecular weight is 191 g/mol. The highest BCUT2D eigenvalue weighted by Crippen LogP contribution is 2.10. The molecular weight excluding hydrogens is 174 g/mol. The maximum absolute atomic E-state index is 10.5. The number of aliphatic hydroxyl groups is 2. The highest BCUT2D eigenvalue weighted by Gasteiger charge is 2.30. The van der Waals surface area contributed by atoms with Gasteiger partial charge in [-0.3, -0.25) is 4.79 Å². The van der Waals surface area contributed by atoms with E-state index in [9.17, 15) is 15.0 Å². The number of aliphatic hydroxyl groups excluding tert-OH is 2. The largest absolute Gasteiger partial charge is 0.481 e. The van der Waals surface area contributed by atoms with Gasteiger partial charge in [0.25, 0.3) is 0 Å². The van der Waals surface area contributed by atoms with Crippen LogP contribution < -0.4 is 5.73 Å². The summed E-state index contributed by atoms with van der Waals surface area (Å²) in [4.78, 5) is 10.5. The van der Waals surface area contributed by atoms with Crippen molar-refractivity contribution >= 4 is 5.97 Å². The minimum absolute atomic E-state index is 0.393. The molecule has 0 saturated heterocycles. The fourth-order valence-corrected chi connectivity index (χ4v) is 0.979. The lowest BCUT2D eigenvalue weighted by Crippen LogP contribution is -2.49. The summed E-state index contributed by atoms with van der Waals surface area (Å²) in [6.07, 6.45) is -1.69. The molecule has 0 aliphatic carbocycles. The Bertz CT molecular complexity index is 174. The van der Waals surface area contributed by atoms with Crippen LogP contribution in [0.5, 0.6) is 0 Å². The van der Waals surface area contributed by atoms with Crippen LogP contribution in [0.2, 0.25) is 0 Å². The average Bonchev–Trinajstić information content (AvgIpc) is 2.12. The molecule has 0 aliphatic rings. The summed E-state index contributed by atoms with van der Waals surface area (Å²) in [7, 11) is 0. The van der Waals surface area contributed by atoms with E-state index in [-0.39, 0.29) is 0 Å². The maximum atomic E-state index is 10.5. The van der Waals surface area contributed by atoms with Gasteiger partial charge < -0.3 is 21.1 Å². The smallest absolute Gasteiger partial charge is 0.308 e.